The number of nitrogens with zero attached hydrogens (tertiary/aromatic N) is 4. The SMILES string of the molecule is CC1(c2ccc(C#N)cc2F)Oc2cccc(C3CCN(Cc4cc5ncn(C[C@@H]6CCO6)c5cc4C(=O)O)CC3)c2O1. The van der Waals surface area contributed by atoms with E-state index in [4.69, 9.17) is 19.5 Å². The average molecular weight is 583 g/mol. The maximum Gasteiger partial charge on any atom is 0.336 e. The van der Waals surface area contributed by atoms with Crippen LogP contribution in [0, 0.1) is 17.1 Å². The molecule has 4 aromatic rings. The highest BCUT2D eigenvalue weighted by Crippen LogP contribution is 2.49. The zero-order valence-electron chi connectivity index (χ0n) is 23.8. The summed E-state index contributed by atoms with van der Waals surface area (Å²) < 4.78 is 34.9. The highest BCUT2D eigenvalue weighted by molar-refractivity contribution is 5.94. The van der Waals surface area contributed by atoms with Gasteiger partial charge in [0, 0.05) is 25.6 Å². The van der Waals surface area contributed by atoms with Gasteiger partial charge in [-0.3, -0.25) is 4.90 Å². The number of nitriles is 1. The number of ether oxygens (including phenoxy) is 3. The van der Waals surface area contributed by atoms with Crippen LogP contribution >= 0.6 is 0 Å². The first-order chi connectivity index (χ1) is 20.8. The minimum Gasteiger partial charge on any atom is -0.478 e. The van der Waals surface area contributed by atoms with Crippen molar-refractivity contribution in [2.24, 2.45) is 0 Å². The number of aromatic carboxylic acids is 1. The average Bonchev–Trinajstić information content (AvgIpc) is 3.54. The number of hydrogen-bond donors (Lipinski definition) is 1. The van der Waals surface area contributed by atoms with Crippen molar-refractivity contribution in [3.63, 3.8) is 0 Å². The van der Waals surface area contributed by atoms with Gasteiger partial charge in [-0.05, 0) is 80.2 Å². The number of likely N-dealkylation sites (tertiary alicyclic amines) is 1. The summed E-state index contributed by atoms with van der Waals surface area (Å²) in [6.07, 6.45) is 4.61. The molecule has 9 nitrogen and oxygen atoms in total. The number of fused-ring (bicyclic) bond motifs is 2. The van der Waals surface area contributed by atoms with Crippen molar-refractivity contribution in [3.05, 3.63) is 88.5 Å². The summed E-state index contributed by atoms with van der Waals surface area (Å²) in [5.41, 5.74) is 4.13. The van der Waals surface area contributed by atoms with Crippen LogP contribution in [-0.2, 0) is 23.6 Å². The zero-order chi connectivity index (χ0) is 29.7. The molecule has 10 heteroatoms. The van der Waals surface area contributed by atoms with Crippen LogP contribution in [0.25, 0.3) is 11.0 Å². The number of benzene rings is 3. The standard InChI is InChI=1S/C33H31FN4O5/c1-33(26-6-5-20(16-35)13-27(26)34)42-30-4-2-3-24(31(30)43-33)21-7-10-37(11-8-21)17-22-14-28-29(15-25(22)32(39)40)38(19-36-28)18-23-9-12-41-23/h2-6,13-15,19,21,23H,7-12,17-18H2,1H3,(H,39,40)/t23-,33?/m0/s1. The Morgan fingerprint density at radius 3 is 2.67 bits per heavy atom. The molecule has 1 N–H and O–H groups in total. The monoisotopic (exact) mass is 582 g/mol. The van der Waals surface area contributed by atoms with Gasteiger partial charge in [-0.15, -0.1) is 0 Å². The molecule has 0 bridgehead atoms. The summed E-state index contributed by atoms with van der Waals surface area (Å²) in [6.45, 7) is 5.20. The lowest BCUT2D eigenvalue weighted by Crippen LogP contribution is -2.34. The number of imidazole rings is 1. The summed E-state index contributed by atoms with van der Waals surface area (Å²) in [7, 11) is 0. The molecule has 2 saturated heterocycles. The number of hydrogen-bond acceptors (Lipinski definition) is 7. The van der Waals surface area contributed by atoms with Gasteiger partial charge in [-0.2, -0.15) is 5.26 Å². The number of aromatic nitrogens is 2. The van der Waals surface area contributed by atoms with E-state index in [2.05, 4.69) is 9.88 Å². The first kappa shape index (κ1) is 27.4. The van der Waals surface area contributed by atoms with Crippen molar-refractivity contribution in [1.82, 2.24) is 14.5 Å². The molecule has 2 atom stereocenters. The van der Waals surface area contributed by atoms with E-state index >= 15 is 0 Å². The fraction of sp³-hybridized carbons (Fsp3) is 0.364. The molecule has 2 fully saturated rings. The largest absolute Gasteiger partial charge is 0.478 e. The molecule has 220 valence electrons. The van der Waals surface area contributed by atoms with Gasteiger partial charge in [0.25, 0.3) is 5.79 Å². The fourth-order valence-electron chi connectivity index (χ4n) is 6.45. The molecule has 7 rings (SSSR count). The van der Waals surface area contributed by atoms with E-state index in [1.54, 1.807) is 25.4 Å². The summed E-state index contributed by atoms with van der Waals surface area (Å²) in [6, 6.07) is 15.7. The molecule has 0 saturated carbocycles. The Hall–Kier alpha value is -4.46. The molecule has 0 radical (unpaired) electrons. The van der Waals surface area contributed by atoms with E-state index in [0.717, 1.165) is 61.1 Å². The first-order valence-corrected chi connectivity index (χ1v) is 14.6. The molecule has 43 heavy (non-hydrogen) atoms. The molecule has 3 aliphatic rings. The predicted octanol–water partition coefficient (Wildman–Crippen LogP) is 5.56. The number of para-hydroxylation sites is 1. The molecule has 0 aliphatic carbocycles. The molecule has 0 amide bonds. The van der Waals surface area contributed by atoms with Crippen molar-refractivity contribution in [2.45, 2.75) is 57.1 Å². The van der Waals surface area contributed by atoms with E-state index in [-0.39, 0.29) is 23.1 Å². The third kappa shape index (κ3) is 4.98. The lowest BCUT2D eigenvalue weighted by molar-refractivity contribution is -0.0712. The maximum atomic E-state index is 14.9. The quantitative estimate of drug-likeness (QED) is 0.302. The van der Waals surface area contributed by atoms with Crippen molar-refractivity contribution >= 4 is 17.0 Å². The molecule has 3 aromatic carbocycles. The minimum absolute atomic E-state index is 0.153. The summed E-state index contributed by atoms with van der Waals surface area (Å²) in [5.74, 6) is -1.46. The molecular formula is C33H31FN4O5. The molecule has 3 aliphatic heterocycles. The molecule has 1 unspecified atom stereocenters. The van der Waals surface area contributed by atoms with Gasteiger partial charge in [0.15, 0.2) is 11.5 Å². The summed E-state index contributed by atoms with van der Waals surface area (Å²) in [4.78, 5) is 19.1. The third-order valence-corrected chi connectivity index (χ3v) is 8.89. The Kier molecular flexibility index (Phi) is 6.79. The summed E-state index contributed by atoms with van der Waals surface area (Å²) in [5, 5.41) is 19.1. The second-order valence-electron chi connectivity index (χ2n) is 11.7. The van der Waals surface area contributed by atoms with E-state index in [9.17, 15) is 14.3 Å². The number of rotatable bonds is 7. The topological polar surface area (TPSA) is 110 Å². The third-order valence-electron chi connectivity index (χ3n) is 8.89. The van der Waals surface area contributed by atoms with Gasteiger partial charge in [0.2, 0.25) is 0 Å². The highest BCUT2D eigenvalue weighted by Gasteiger charge is 2.43. The van der Waals surface area contributed by atoms with Crippen molar-refractivity contribution in [2.75, 3.05) is 19.7 Å². The second kappa shape index (κ2) is 10.7. The second-order valence-corrected chi connectivity index (χ2v) is 11.7. The minimum atomic E-state index is -1.35. The van der Waals surface area contributed by atoms with Crippen LogP contribution in [-0.4, -0.2) is 51.3 Å². The highest BCUT2D eigenvalue weighted by atomic mass is 19.1. The Morgan fingerprint density at radius 1 is 1.16 bits per heavy atom. The van der Waals surface area contributed by atoms with Crippen LogP contribution in [0.2, 0.25) is 0 Å². The molecular weight excluding hydrogens is 551 g/mol. The summed E-state index contributed by atoms with van der Waals surface area (Å²) >= 11 is 0. The molecule has 4 heterocycles. The number of carboxylic acid groups (broad SMARTS) is 1. The molecule has 1 aromatic heterocycles. The zero-order valence-corrected chi connectivity index (χ0v) is 23.8. The fourth-order valence-corrected chi connectivity index (χ4v) is 6.45. The van der Waals surface area contributed by atoms with E-state index in [1.807, 2.05) is 34.9 Å². The Balaban J connectivity index is 1.06. The first-order valence-electron chi connectivity index (χ1n) is 14.6. The van der Waals surface area contributed by atoms with Crippen molar-refractivity contribution in [1.29, 1.82) is 5.26 Å². The van der Waals surface area contributed by atoms with Gasteiger partial charge >= 0.3 is 5.97 Å². The molecule has 0 spiro atoms. The van der Waals surface area contributed by atoms with Crippen molar-refractivity contribution < 1.29 is 28.5 Å². The van der Waals surface area contributed by atoms with E-state index < -0.39 is 17.6 Å². The van der Waals surface area contributed by atoms with Crippen LogP contribution in [0.15, 0.2) is 54.9 Å². The lowest BCUT2D eigenvalue weighted by atomic mass is 9.88. The Morgan fingerprint density at radius 2 is 1.98 bits per heavy atom. The number of carboxylic acids is 1. The van der Waals surface area contributed by atoms with Crippen molar-refractivity contribution in [3.8, 4) is 17.6 Å². The van der Waals surface area contributed by atoms with Crippen LogP contribution in [0.1, 0.15) is 64.7 Å². The number of carbonyl (C=O) groups is 1. The van der Waals surface area contributed by atoms with E-state index in [1.165, 1.54) is 12.1 Å². The van der Waals surface area contributed by atoms with Crippen LogP contribution in [0.3, 0.4) is 0 Å². The van der Waals surface area contributed by atoms with Gasteiger partial charge in [0.1, 0.15) is 5.82 Å². The number of halogens is 1. The van der Waals surface area contributed by atoms with Gasteiger partial charge < -0.3 is 23.9 Å². The normalized spacial score (nSPS) is 21.9. The van der Waals surface area contributed by atoms with Crippen LogP contribution < -0.4 is 9.47 Å². The Labute approximate surface area is 248 Å². The smallest absolute Gasteiger partial charge is 0.336 e. The lowest BCUT2D eigenvalue weighted by Gasteiger charge is -2.33. The predicted molar refractivity (Wildman–Crippen MR) is 154 cm³/mol. The van der Waals surface area contributed by atoms with Gasteiger partial charge in [-0.25, -0.2) is 14.2 Å². The Bertz CT molecular complexity index is 1770. The van der Waals surface area contributed by atoms with E-state index in [0.29, 0.717) is 30.2 Å². The van der Waals surface area contributed by atoms with Crippen LogP contribution in [0.4, 0.5) is 4.39 Å². The van der Waals surface area contributed by atoms with Gasteiger partial charge in [0.05, 0.1) is 52.8 Å². The number of piperidine rings is 1. The van der Waals surface area contributed by atoms with Crippen LogP contribution in [0.5, 0.6) is 11.5 Å². The maximum absolute atomic E-state index is 14.9. The van der Waals surface area contributed by atoms with Gasteiger partial charge in [-0.1, -0.05) is 12.1 Å².